The van der Waals surface area contributed by atoms with E-state index in [4.69, 9.17) is 5.73 Å². The van der Waals surface area contributed by atoms with E-state index >= 15 is 0 Å². The molecule has 2 aromatic heterocycles. The van der Waals surface area contributed by atoms with Gasteiger partial charge in [-0.2, -0.15) is 0 Å². The molecule has 4 nitrogen and oxygen atoms in total. The monoisotopic (exact) mass is 176 g/mol. The van der Waals surface area contributed by atoms with Gasteiger partial charge in [0.15, 0.2) is 5.82 Å². The molecule has 2 N–H and O–H groups in total. The molecule has 0 radical (unpaired) electrons. The van der Waals surface area contributed by atoms with Crippen LogP contribution in [0.2, 0.25) is 0 Å². The zero-order valence-electron chi connectivity index (χ0n) is 7.57. The van der Waals surface area contributed by atoms with Crippen molar-refractivity contribution in [1.82, 2.24) is 14.5 Å². The highest BCUT2D eigenvalue weighted by atomic mass is 15.0. The summed E-state index contributed by atoms with van der Waals surface area (Å²) in [7, 11) is 0. The number of aryl methyl sites for hydroxylation is 1. The van der Waals surface area contributed by atoms with Crippen molar-refractivity contribution in [2.24, 2.45) is 0 Å². The van der Waals surface area contributed by atoms with E-state index in [1.165, 1.54) is 6.33 Å². The molecule has 13 heavy (non-hydrogen) atoms. The van der Waals surface area contributed by atoms with Gasteiger partial charge in [0.2, 0.25) is 0 Å². The highest BCUT2D eigenvalue weighted by Gasteiger charge is 2.04. The van der Waals surface area contributed by atoms with Crippen molar-refractivity contribution in [2.75, 3.05) is 5.73 Å². The van der Waals surface area contributed by atoms with E-state index in [1.54, 1.807) is 0 Å². The molecule has 2 aromatic rings. The minimum atomic E-state index is 0.559. The van der Waals surface area contributed by atoms with Crippen LogP contribution in [0.15, 0.2) is 18.6 Å². The highest BCUT2D eigenvalue weighted by Crippen LogP contribution is 2.17. The average Bonchev–Trinajstić information content (AvgIpc) is 2.51. The Labute approximate surface area is 76.4 Å². The molecular formula is C9H12N4. The number of fused-ring (bicyclic) bond motifs is 1. The fourth-order valence-corrected chi connectivity index (χ4v) is 1.49. The molecule has 0 aromatic carbocycles. The van der Waals surface area contributed by atoms with Gasteiger partial charge in [-0.3, -0.25) is 0 Å². The summed E-state index contributed by atoms with van der Waals surface area (Å²) >= 11 is 0. The van der Waals surface area contributed by atoms with E-state index < -0.39 is 0 Å². The second-order valence-corrected chi connectivity index (χ2v) is 3.00. The minimum Gasteiger partial charge on any atom is -0.382 e. The van der Waals surface area contributed by atoms with E-state index in [2.05, 4.69) is 21.5 Å². The number of nitrogens with two attached hydrogens (primary N) is 1. The Balaban J connectivity index is 2.64. The number of nitrogen functional groups attached to an aromatic ring is 1. The third kappa shape index (κ3) is 1.24. The molecule has 0 aliphatic heterocycles. The van der Waals surface area contributed by atoms with Gasteiger partial charge in [-0.25, -0.2) is 9.97 Å². The van der Waals surface area contributed by atoms with Crippen molar-refractivity contribution in [3.8, 4) is 0 Å². The summed E-state index contributed by atoms with van der Waals surface area (Å²) < 4.78 is 2.09. The van der Waals surface area contributed by atoms with Crippen molar-refractivity contribution in [2.45, 2.75) is 19.9 Å². The lowest BCUT2D eigenvalue weighted by Gasteiger charge is -2.03. The molecule has 0 atom stereocenters. The van der Waals surface area contributed by atoms with Crippen LogP contribution in [0.4, 0.5) is 5.82 Å². The predicted octanol–water partition coefficient (Wildman–Crippen LogP) is 1.42. The van der Waals surface area contributed by atoms with Crippen LogP contribution in [0, 0.1) is 0 Å². The largest absolute Gasteiger partial charge is 0.382 e. The summed E-state index contributed by atoms with van der Waals surface area (Å²) in [6, 6.07) is 1.96. The van der Waals surface area contributed by atoms with Crippen LogP contribution >= 0.6 is 0 Å². The molecule has 0 fully saturated rings. The summed E-state index contributed by atoms with van der Waals surface area (Å²) in [6.45, 7) is 3.09. The number of hydrogen-bond acceptors (Lipinski definition) is 3. The van der Waals surface area contributed by atoms with Gasteiger partial charge in [0.1, 0.15) is 11.8 Å². The van der Waals surface area contributed by atoms with Crippen LogP contribution in [-0.4, -0.2) is 14.5 Å². The molecular weight excluding hydrogens is 164 g/mol. The molecule has 0 amide bonds. The Morgan fingerprint density at radius 2 is 2.31 bits per heavy atom. The second kappa shape index (κ2) is 3.05. The van der Waals surface area contributed by atoms with Gasteiger partial charge in [-0.05, 0) is 12.5 Å². The number of nitrogens with zero attached hydrogens (tertiary/aromatic N) is 3. The van der Waals surface area contributed by atoms with Gasteiger partial charge in [-0.15, -0.1) is 0 Å². The van der Waals surface area contributed by atoms with Crippen molar-refractivity contribution in [3.63, 3.8) is 0 Å². The first-order valence-electron chi connectivity index (χ1n) is 4.38. The number of hydrogen-bond donors (Lipinski definition) is 1. The summed E-state index contributed by atoms with van der Waals surface area (Å²) in [5, 5.41) is 0. The Bertz CT molecular complexity index is 418. The number of anilines is 1. The Morgan fingerprint density at radius 3 is 3.08 bits per heavy atom. The SMILES string of the molecule is CCCn1ccc2ncnc(N)c21. The number of rotatable bonds is 2. The molecule has 0 aliphatic rings. The fraction of sp³-hybridized carbons (Fsp3) is 0.333. The lowest BCUT2D eigenvalue weighted by molar-refractivity contribution is 0.703. The van der Waals surface area contributed by atoms with Gasteiger partial charge in [0.25, 0.3) is 0 Å². The quantitative estimate of drug-likeness (QED) is 0.752. The van der Waals surface area contributed by atoms with Gasteiger partial charge in [0, 0.05) is 12.7 Å². The maximum atomic E-state index is 5.76. The van der Waals surface area contributed by atoms with Crippen LogP contribution in [-0.2, 0) is 6.54 Å². The second-order valence-electron chi connectivity index (χ2n) is 3.00. The van der Waals surface area contributed by atoms with Crippen molar-refractivity contribution >= 4 is 16.9 Å². The first-order valence-corrected chi connectivity index (χ1v) is 4.38. The standard InChI is InChI=1S/C9H12N4/c1-2-4-13-5-3-7-8(13)9(10)12-6-11-7/h3,5-6H,2,4H2,1H3,(H2,10,11,12). The third-order valence-electron chi connectivity index (χ3n) is 2.04. The first-order chi connectivity index (χ1) is 6.33. The maximum Gasteiger partial charge on any atom is 0.151 e. The molecule has 0 spiro atoms. The average molecular weight is 176 g/mol. The normalized spacial score (nSPS) is 10.8. The van der Waals surface area contributed by atoms with E-state index in [0.717, 1.165) is 24.0 Å². The summed E-state index contributed by atoms with van der Waals surface area (Å²) in [5.41, 5.74) is 7.63. The van der Waals surface area contributed by atoms with E-state index in [9.17, 15) is 0 Å². The molecule has 0 bridgehead atoms. The van der Waals surface area contributed by atoms with Gasteiger partial charge < -0.3 is 10.3 Å². The van der Waals surface area contributed by atoms with Crippen molar-refractivity contribution < 1.29 is 0 Å². The van der Waals surface area contributed by atoms with Gasteiger partial charge in [0.05, 0.1) is 5.52 Å². The summed E-state index contributed by atoms with van der Waals surface area (Å²) in [6.07, 6.45) is 4.57. The topological polar surface area (TPSA) is 56.7 Å². The lowest BCUT2D eigenvalue weighted by atomic mass is 10.4. The molecule has 2 heterocycles. The van der Waals surface area contributed by atoms with E-state index in [0.29, 0.717) is 5.82 Å². The Kier molecular flexibility index (Phi) is 1.88. The van der Waals surface area contributed by atoms with E-state index in [1.807, 2.05) is 12.3 Å². The minimum absolute atomic E-state index is 0.559. The summed E-state index contributed by atoms with van der Waals surface area (Å²) in [5.74, 6) is 0.559. The Morgan fingerprint density at radius 1 is 1.46 bits per heavy atom. The zero-order valence-corrected chi connectivity index (χ0v) is 7.57. The maximum absolute atomic E-state index is 5.76. The van der Waals surface area contributed by atoms with Gasteiger partial charge in [-0.1, -0.05) is 6.92 Å². The zero-order chi connectivity index (χ0) is 9.26. The van der Waals surface area contributed by atoms with Gasteiger partial charge >= 0.3 is 0 Å². The first kappa shape index (κ1) is 8.04. The van der Waals surface area contributed by atoms with Crippen molar-refractivity contribution in [3.05, 3.63) is 18.6 Å². The third-order valence-corrected chi connectivity index (χ3v) is 2.04. The smallest absolute Gasteiger partial charge is 0.151 e. The molecule has 0 aliphatic carbocycles. The van der Waals surface area contributed by atoms with Crippen LogP contribution in [0.1, 0.15) is 13.3 Å². The Hall–Kier alpha value is -1.58. The highest BCUT2D eigenvalue weighted by molar-refractivity contribution is 5.84. The van der Waals surface area contributed by atoms with Crippen LogP contribution < -0.4 is 5.73 Å². The van der Waals surface area contributed by atoms with Crippen molar-refractivity contribution in [1.29, 1.82) is 0 Å². The molecule has 68 valence electrons. The molecule has 0 saturated carbocycles. The molecule has 0 unspecified atom stereocenters. The van der Waals surface area contributed by atoms with Crippen LogP contribution in [0.25, 0.3) is 11.0 Å². The molecule has 0 saturated heterocycles. The molecule has 4 heteroatoms. The fourth-order valence-electron chi connectivity index (χ4n) is 1.49. The predicted molar refractivity (Wildman–Crippen MR) is 52.2 cm³/mol. The van der Waals surface area contributed by atoms with Crippen LogP contribution in [0.5, 0.6) is 0 Å². The van der Waals surface area contributed by atoms with Crippen LogP contribution in [0.3, 0.4) is 0 Å². The summed E-state index contributed by atoms with van der Waals surface area (Å²) in [4.78, 5) is 8.10. The number of aromatic nitrogens is 3. The molecule has 2 rings (SSSR count). The lowest BCUT2D eigenvalue weighted by Crippen LogP contribution is -1.99. The van der Waals surface area contributed by atoms with E-state index in [-0.39, 0.29) is 0 Å².